The van der Waals surface area contributed by atoms with Crippen LogP contribution in [0, 0.1) is 5.92 Å². The predicted octanol–water partition coefficient (Wildman–Crippen LogP) is 4.84. The first kappa shape index (κ1) is 13.6. The number of rotatable bonds is 6. The molecule has 16 heavy (non-hydrogen) atoms. The Morgan fingerprint density at radius 1 is 1.06 bits per heavy atom. The summed E-state index contributed by atoms with van der Waals surface area (Å²) in [4.78, 5) is 0. The summed E-state index contributed by atoms with van der Waals surface area (Å²) in [7, 11) is 0. The van der Waals surface area contributed by atoms with Crippen molar-refractivity contribution in [1.82, 2.24) is 0 Å². The van der Waals surface area contributed by atoms with Crippen LogP contribution in [0.1, 0.15) is 44.7 Å². The summed E-state index contributed by atoms with van der Waals surface area (Å²) in [5.74, 6) is 0.699. The Bertz CT molecular complexity index is 287. The summed E-state index contributed by atoms with van der Waals surface area (Å²) in [6.45, 7) is 6.64. The Morgan fingerprint density at radius 2 is 1.62 bits per heavy atom. The first-order valence-corrected chi connectivity index (χ1v) is 6.77. The van der Waals surface area contributed by atoms with Crippen LogP contribution in [0.3, 0.4) is 0 Å². The maximum atomic E-state index is 6.28. The van der Waals surface area contributed by atoms with Crippen molar-refractivity contribution in [1.29, 1.82) is 0 Å². The van der Waals surface area contributed by atoms with Crippen LogP contribution in [-0.4, -0.2) is 5.38 Å². The normalized spacial score (nSPS) is 13.1. The van der Waals surface area contributed by atoms with Crippen LogP contribution in [0.5, 0.6) is 0 Å². The first-order valence-electron chi connectivity index (χ1n) is 6.33. The van der Waals surface area contributed by atoms with Gasteiger partial charge in [-0.2, -0.15) is 0 Å². The quantitative estimate of drug-likeness (QED) is 0.623. The molecule has 0 N–H and O–H groups in total. The second-order valence-electron chi connectivity index (χ2n) is 4.94. The fourth-order valence-corrected chi connectivity index (χ4v) is 2.36. The molecule has 0 amide bonds. The van der Waals surface area contributed by atoms with Gasteiger partial charge in [-0.1, -0.05) is 45.0 Å². The van der Waals surface area contributed by atoms with Gasteiger partial charge in [0, 0.05) is 5.38 Å². The van der Waals surface area contributed by atoms with Gasteiger partial charge in [0.05, 0.1) is 0 Å². The molecule has 90 valence electrons. The molecule has 0 nitrogen and oxygen atoms in total. The van der Waals surface area contributed by atoms with Crippen molar-refractivity contribution >= 4 is 11.6 Å². The topological polar surface area (TPSA) is 0 Å². The largest absolute Gasteiger partial charge is 0.123 e. The molecule has 0 heterocycles. The standard InChI is InChI=1S/C15H23Cl/c1-4-13-5-7-14(8-6-13)9-10-15(16)11-12(2)3/h5-8,12,15H,4,9-11H2,1-3H3. The highest BCUT2D eigenvalue weighted by atomic mass is 35.5. The highest BCUT2D eigenvalue weighted by Gasteiger charge is 2.07. The minimum atomic E-state index is 0.325. The van der Waals surface area contributed by atoms with Crippen molar-refractivity contribution in [3.63, 3.8) is 0 Å². The van der Waals surface area contributed by atoms with Crippen molar-refractivity contribution in [3.8, 4) is 0 Å². The van der Waals surface area contributed by atoms with Crippen LogP contribution in [0.4, 0.5) is 0 Å². The fraction of sp³-hybridized carbons (Fsp3) is 0.600. The average molecular weight is 239 g/mol. The molecule has 0 fully saturated rings. The summed E-state index contributed by atoms with van der Waals surface area (Å²) in [6, 6.07) is 8.91. The summed E-state index contributed by atoms with van der Waals surface area (Å²) in [5.41, 5.74) is 2.82. The van der Waals surface area contributed by atoms with E-state index in [0.717, 1.165) is 25.7 Å². The summed E-state index contributed by atoms with van der Waals surface area (Å²) in [5, 5.41) is 0.325. The Hall–Kier alpha value is -0.490. The van der Waals surface area contributed by atoms with Gasteiger partial charge < -0.3 is 0 Å². The smallest absolute Gasteiger partial charge is 0.0341 e. The van der Waals surface area contributed by atoms with Crippen molar-refractivity contribution in [2.24, 2.45) is 5.92 Å². The molecule has 0 aliphatic rings. The third kappa shape index (κ3) is 5.03. The second kappa shape index (κ2) is 6.96. The van der Waals surface area contributed by atoms with E-state index in [9.17, 15) is 0 Å². The van der Waals surface area contributed by atoms with E-state index in [2.05, 4.69) is 45.0 Å². The highest BCUT2D eigenvalue weighted by Crippen LogP contribution is 2.17. The average Bonchev–Trinajstić information content (AvgIpc) is 2.26. The zero-order valence-corrected chi connectivity index (χ0v) is 11.4. The van der Waals surface area contributed by atoms with Crippen molar-refractivity contribution in [2.45, 2.75) is 51.8 Å². The van der Waals surface area contributed by atoms with Gasteiger partial charge in [0.25, 0.3) is 0 Å². The Kier molecular flexibility index (Phi) is 5.90. The molecule has 0 bridgehead atoms. The van der Waals surface area contributed by atoms with Gasteiger partial charge >= 0.3 is 0 Å². The maximum absolute atomic E-state index is 6.28. The third-order valence-electron chi connectivity index (χ3n) is 2.90. The Balaban J connectivity index is 2.36. The van der Waals surface area contributed by atoms with Crippen LogP contribution in [0.2, 0.25) is 0 Å². The van der Waals surface area contributed by atoms with E-state index < -0.39 is 0 Å². The van der Waals surface area contributed by atoms with E-state index >= 15 is 0 Å². The van der Waals surface area contributed by atoms with Gasteiger partial charge in [-0.15, -0.1) is 11.6 Å². The zero-order valence-electron chi connectivity index (χ0n) is 10.7. The number of alkyl halides is 1. The van der Waals surface area contributed by atoms with E-state index in [1.54, 1.807) is 0 Å². The lowest BCUT2D eigenvalue weighted by Gasteiger charge is -2.11. The number of benzene rings is 1. The number of hydrogen-bond donors (Lipinski definition) is 0. The number of aryl methyl sites for hydroxylation is 2. The molecule has 1 atom stereocenters. The maximum Gasteiger partial charge on any atom is 0.0341 e. The van der Waals surface area contributed by atoms with Crippen LogP contribution < -0.4 is 0 Å². The molecule has 0 aliphatic carbocycles. The van der Waals surface area contributed by atoms with Crippen molar-refractivity contribution < 1.29 is 0 Å². The van der Waals surface area contributed by atoms with Crippen molar-refractivity contribution in [3.05, 3.63) is 35.4 Å². The van der Waals surface area contributed by atoms with Gasteiger partial charge in [0.2, 0.25) is 0 Å². The highest BCUT2D eigenvalue weighted by molar-refractivity contribution is 6.20. The SMILES string of the molecule is CCc1ccc(CCC(Cl)CC(C)C)cc1. The summed E-state index contributed by atoms with van der Waals surface area (Å²) < 4.78 is 0. The summed E-state index contributed by atoms with van der Waals surface area (Å²) in [6.07, 6.45) is 4.43. The van der Waals surface area contributed by atoms with Crippen molar-refractivity contribution in [2.75, 3.05) is 0 Å². The fourth-order valence-electron chi connectivity index (χ4n) is 1.89. The Labute approximate surface area is 105 Å². The Morgan fingerprint density at radius 3 is 2.12 bits per heavy atom. The molecule has 0 aliphatic heterocycles. The van der Waals surface area contributed by atoms with Crippen LogP contribution in [0.25, 0.3) is 0 Å². The number of hydrogen-bond acceptors (Lipinski definition) is 0. The summed E-state index contributed by atoms with van der Waals surface area (Å²) >= 11 is 6.28. The lowest BCUT2D eigenvalue weighted by atomic mass is 10.0. The minimum Gasteiger partial charge on any atom is -0.123 e. The van der Waals surface area contributed by atoms with E-state index in [-0.39, 0.29) is 0 Å². The third-order valence-corrected chi connectivity index (χ3v) is 3.30. The molecule has 0 spiro atoms. The minimum absolute atomic E-state index is 0.325. The van der Waals surface area contributed by atoms with Gasteiger partial charge in [0.1, 0.15) is 0 Å². The monoisotopic (exact) mass is 238 g/mol. The van der Waals surface area contributed by atoms with E-state index in [4.69, 9.17) is 11.6 Å². The molecular weight excluding hydrogens is 216 g/mol. The molecule has 0 aromatic heterocycles. The van der Waals surface area contributed by atoms with Gasteiger partial charge in [-0.3, -0.25) is 0 Å². The molecule has 0 saturated heterocycles. The van der Waals surface area contributed by atoms with E-state index in [1.807, 2.05) is 0 Å². The van der Waals surface area contributed by atoms with E-state index in [1.165, 1.54) is 11.1 Å². The molecule has 0 saturated carbocycles. The molecule has 1 rings (SSSR count). The lowest BCUT2D eigenvalue weighted by molar-refractivity contribution is 0.544. The van der Waals surface area contributed by atoms with Gasteiger partial charge in [-0.25, -0.2) is 0 Å². The molecule has 1 unspecified atom stereocenters. The molecule has 1 aromatic rings. The number of halogens is 1. The second-order valence-corrected chi connectivity index (χ2v) is 5.55. The molecule has 1 aromatic carbocycles. The first-order chi connectivity index (χ1) is 7.61. The lowest BCUT2D eigenvalue weighted by Crippen LogP contribution is -2.04. The molecule has 1 heteroatoms. The van der Waals surface area contributed by atoms with Crippen LogP contribution >= 0.6 is 11.6 Å². The zero-order chi connectivity index (χ0) is 12.0. The van der Waals surface area contributed by atoms with E-state index in [0.29, 0.717) is 11.3 Å². The molecule has 0 radical (unpaired) electrons. The van der Waals surface area contributed by atoms with Gasteiger partial charge in [0.15, 0.2) is 0 Å². The predicted molar refractivity (Wildman–Crippen MR) is 73.2 cm³/mol. The molecular formula is C15H23Cl. The van der Waals surface area contributed by atoms with Crippen LogP contribution in [-0.2, 0) is 12.8 Å². The van der Waals surface area contributed by atoms with Crippen LogP contribution in [0.15, 0.2) is 24.3 Å². The van der Waals surface area contributed by atoms with Gasteiger partial charge in [-0.05, 0) is 42.7 Å².